The molecule has 5 heteroatoms. The molecule has 0 saturated heterocycles. The first-order valence-corrected chi connectivity index (χ1v) is 15.4. The van der Waals surface area contributed by atoms with Gasteiger partial charge in [0, 0.05) is 47.6 Å². The number of hydrogen-bond acceptors (Lipinski definition) is 5. The van der Waals surface area contributed by atoms with Crippen LogP contribution >= 0.6 is 11.3 Å². The number of thiophene rings is 1. The van der Waals surface area contributed by atoms with Gasteiger partial charge in [0.15, 0.2) is 17.5 Å². The van der Waals surface area contributed by atoms with E-state index >= 15 is 0 Å². The summed E-state index contributed by atoms with van der Waals surface area (Å²) in [5.74, 6) is 1.90. The minimum atomic E-state index is 0.614. The van der Waals surface area contributed by atoms with E-state index in [1.54, 1.807) is 11.3 Å². The van der Waals surface area contributed by atoms with Crippen LogP contribution in [0.4, 0.5) is 0 Å². The van der Waals surface area contributed by atoms with E-state index in [9.17, 15) is 0 Å². The van der Waals surface area contributed by atoms with Crippen LogP contribution in [0.15, 0.2) is 144 Å². The Kier molecular flexibility index (Phi) is 5.64. The molecule has 0 fully saturated rings. The molecule has 0 N–H and O–H groups in total. The molecule has 0 aliphatic rings. The van der Waals surface area contributed by atoms with Crippen molar-refractivity contribution in [3.05, 3.63) is 140 Å². The van der Waals surface area contributed by atoms with Crippen molar-refractivity contribution in [1.82, 2.24) is 15.0 Å². The molecule has 4 nitrogen and oxygen atoms in total. The average molecular weight is 582 g/mol. The number of nitrogens with zero attached hydrogens (tertiary/aromatic N) is 3. The van der Waals surface area contributed by atoms with Crippen molar-refractivity contribution >= 4 is 53.4 Å². The summed E-state index contributed by atoms with van der Waals surface area (Å²) in [5.41, 5.74) is 6.73. The average Bonchev–Trinajstić information content (AvgIpc) is 3.67. The van der Waals surface area contributed by atoms with Crippen LogP contribution in [0.2, 0.25) is 0 Å². The van der Waals surface area contributed by atoms with Crippen LogP contribution in [-0.4, -0.2) is 15.0 Å². The highest BCUT2D eigenvalue weighted by atomic mass is 32.1. The van der Waals surface area contributed by atoms with Crippen molar-refractivity contribution in [2.75, 3.05) is 0 Å². The topological polar surface area (TPSA) is 51.8 Å². The fraction of sp³-hybridized carbons (Fsp3) is 0. The van der Waals surface area contributed by atoms with Gasteiger partial charge in [-0.05, 0) is 35.4 Å². The van der Waals surface area contributed by atoms with Crippen LogP contribution in [-0.2, 0) is 0 Å². The monoisotopic (exact) mass is 581 g/mol. The van der Waals surface area contributed by atoms with Gasteiger partial charge in [-0.25, -0.2) is 15.0 Å². The van der Waals surface area contributed by atoms with Gasteiger partial charge < -0.3 is 4.42 Å². The van der Waals surface area contributed by atoms with Gasteiger partial charge in [-0.3, -0.25) is 0 Å². The summed E-state index contributed by atoms with van der Waals surface area (Å²) in [6, 6.07) is 47.9. The summed E-state index contributed by atoms with van der Waals surface area (Å²) in [6.45, 7) is 0. The second kappa shape index (κ2) is 9.97. The summed E-state index contributed by atoms with van der Waals surface area (Å²) in [5, 5.41) is 4.51. The van der Waals surface area contributed by atoms with E-state index < -0.39 is 0 Å². The Labute approximate surface area is 256 Å². The second-order valence-electron chi connectivity index (χ2n) is 10.8. The van der Waals surface area contributed by atoms with Crippen LogP contribution in [0.25, 0.3) is 87.4 Å². The maximum Gasteiger partial charge on any atom is 0.165 e. The van der Waals surface area contributed by atoms with E-state index in [0.717, 1.165) is 49.8 Å². The largest absolute Gasteiger partial charge is 0.456 e. The van der Waals surface area contributed by atoms with E-state index in [4.69, 9.17) is 19.4 Å². The molecule has 0 amide bonds. The molecule has 9 aromatic rings. The molecule has 0 radical (unpaired) electrons. The van der Waals surface area contributed by atoms with Gasteiger partial charge in [-0.1, -0.05) is 115 Å². The molecule has 3 aromatic heterocycles. The molecule has 9 rings (SSSR count). The Morgan fingerprint density at radius 2 is 0.955 bits per heavy atom. The Hall–Kier alpha value is -5.65. The van der Waals surface area contributed by atoms with Crippen LogP contribution < -0.4 is 0 Å². The van der Waals surface area contributed by atoms with Crippen molar-refractivity contribution < 1.29 is 4.42 Å². The van der Waals surface area contributed by atoms with E-state index in [0.29, 0.717) is 17.5 Å². The van der Waals surface area contributed by atoms with Crippen molar-refractivity contribution in [2.24, 2.45) is 0 Å². The smallest absolute Gasteiger partial charge is 0.165 e. The second-order valence-corrected chi connectivity index (χ2v) is 11.8. The zero-order chi connectivity index (χ0) is 29.0. The van der Waals surface area contributed by atoms with Crippen molar-refractivity contribution in [1.29, 1.82) is 0 Å². The third-order valence-corrected chi connectivity index (χ3v) is 9.38. The van der Waals surface area contributed by atoms with Gasteiger partial charge in [0.25, 0.3) is 0 Å². The molecule has 206 valence electrons. The fourth-order valence-electron chi connectivity index (χ4n) is 6.17. The lowest BCUT2D eigenvalue weighted by molar-refractivity contribution is 0.669. The SMILES string of the molecule is c1ccc(-c2nc(-c3cccc4c3sc3ccccc34)nc(-c3cccc4oc5cccc(-c6ccccc6)c5c34)n2)cc1. The third kappa shape index (κ3) is 3.94. The first kappa shape index (κ1) is 24.9. The Bertz CT molecular complexity index is 2500. The molecule has 0 aliphatic carbocycles. The minimum absolute atomic E-state index is 0.614. The molecule has 0 bridgehead atoms. The van der Waals surface area contributed by atoms with E-state index in [1.165, 1.54) is 20.2 Å². The maximum atomic E-state index is 6.43. The number of fused-ring (bicyclic) bond motifs is 6. The first-order chi connectivity index (χ1) is 21.8. The van der Waals surface area contributed by atoms with Crippen molar-refractivity contribution in [3.8, 4) is 45.3 Å². The Morgan fingerprint density at radius 1 is 0.409 bits per heavy atom. The number of furan rings is 1. The van der Waals surface area contributed by atoms with Crippen molar-refractivity contribution in [2.45, 2.75) is 0 Å². The summed E-state index contributed by atoms with van der Waals surface area (Å²) in [7, 11) is 0. The lowest BCUT2D eigenvalue weighted by Crippen LogP contribution is -2.00. The number of hydrogen-bond donors (Lipinski definition) is 0. The van der Waals surface area contributed by atoms with E-state index in [1.807, 2.05) is 60.7 Å². The molecular weight excluding hydrogens is 559 g/mol. The summed E-state index contributed by atoms with van der Waals surface area (Å²) in [4.78, 5) is 15.4. The highest BCUT2D eigenvalue weighted by molar-refractivity contribution is 7.26. The molecule has 0 saturated carbocycles. The van der Waals surface area contributed by atoms with E-state index in [2.05, 4.69) is 78.9 Å². The highest BCUT2D eigenvalue weighted by Crippen LogP contribution is 2.42. The molecular formula is C39H23N3OS. The lowest BCUT2D eigenvalue weighted by atomic mass is 9.97. The molecule has 0 unspecified atom stereocenters. The minimum Gasteiger partial charge on any atom is -0.456 e. The zero-order valence-corrected chi connectivity index (χ0v) is 24.3. The zero-order valence-electron chi connectivity index (χ0n) is 23.4. The van der Waals surface area contributed by atoms with Crippen LogP contribution in [0.1, 0.15) is 0 Å². The summed E-state index contributed by atoms with van der Waals surface area (Å²) < 4.78 is 8.84. The van der Waals surface area contributed by atoms with Gasteiger partial charge in [-0.2, -0.15) is 0 Å². The van der Waals surface area contributed by atoms with Gasteiger partial charge in [-0.15, -0.1) is 11.3 Å². The summed E-state index contributed by atoms with van der Waals surface area (Å²) in [6.07, 6.45) is 0. The van der Waals surface area contributed by atoms with Gasteiger partial charge in [0.1, 0.15) is 11.2 Å². The Morgan fingerprint density at radius 3 is 1.73 bits per heavy atom. The maximum absolute atomic E-state index is 6.43. The Balaban J connectivity index is 1.35. The summed E-state index contributed by atoms with van der Waals surface area (Å²) >= 11 is 1.78. The van der Waals surface area contributed by atoms with Gasteiger partial charge in [0.2, 0.25) is 0 Å². The quantitative estimate of drug-likeness (QED) is 0.207. The fourth-order valence-corrected chi connectivity index (χ4v) is 7.38. The standard InChI is InChI=1S/C39H23N3OS/c1-3-12-24(13-4-1)26-17-10-21-31-34(26)35-29(19-11-22-32(35)43-31)38-40-37(25-14-5-2-6-15-25)41-39(42-38)30-20-9-18-28-27-16-7-8-23-33(27)44-36(28)30/h1-23H. The number of rotatable bonds is 4. The van der Waals surface area contributed by atoms with Gasteiger partial charge >= 0.3 is 0 Å². The van der Waals surface area contributed by atoms with Crippen molar-refractivity contribution in [3.63, 3.8) is 0 Å². The number of aromatic nitrogens is 3. The highest BCUT2D eigenvalue weighted by Gasteiger charge is 2.21. The third-order valence-electron chi connectivity index (χ3n) is 8.16. The van der Waals surface area contributed by atoms with Crippen LogP contribution in [0.5, 0.6) is 0 Å². The molecule has 6 aromatic carbocycles. The normalized spacial score (nSPS) is 11.6. The predicted molar refractivity (Wildman–Crippen MR) is 182 cm³/mol. The molecule has 0 atom stereocenters. The van der Waals surface area contributed by atoms with Crippen LogP contribution in [0, 0.1) is 0 Å². The molecule has 0 aliphatic heterocycles. The molecule has 3 heterocycles. The molecule has 0 spiro atoms. The predicted octanol–water partition coefficient (Wildman–Crippen LogP) is 10.8. The molecule has 44 heavy (non-hydrogen) atoms. The number of benzene rings is 6. The lowest BCUT2D eigenvalue weighted by Gasteiger charge is -2.10. The first-order valence-electron chi connectivity index (χ1n) is 14.5. The van der Waals surface area contributed by atoms with Crippen LogP contribution in [0.3, 0.4) is 0 Å². The van der Waals surface area contributed by atoms with Gasteiger partial charge in [0.05, 0.1) is 0 Å². The van der Waals surface area contributed by atoms with E-state index in [-0.39, 0.29) is 0 Å².